The second-order valence-electron chi connectivity index (χ2n) is 3.51. The van der Waals surface area contributed by atoms with E-state index in [2.05, 4.69) is 9.82 Å². The number of methoxy groups -OCH3 is 1. The molecule has 0 saturated carbocycles. The van der Waals surface area contributed by atoms with Gasteiger partial charge in [0.15, 0.2) is 5.82 Å². The predicted octanol–water partition coefficient (Wildman–Crippen LogP) is -1.71. The maximum Gasteiger partial charge on any atom is 0.246 e. The zero-order chi connectivity index (χ0) is 13.1. The average Bonchev–Trinajstić information content (AvgIpc) is 2.57. The second kappa shape index (κ2) is 5.45. The van der Waals surface area contributed by atoms with Crippen molar-refractivity contribution in [2.45, 2.75) is 10.9 Å². The molecule has 0 aliphatic carbocycles. The molecule has 1 aromatic rings. The molecule has 0 radical (unpaired) electrons. The van der Waals surface area contributed by atoms with Crippen molar-refractivity contribution in [2.75, 3.05) is 26.1 Å². The van der Waals surface area contributed by atoms with Gasteiger partial charge in [-0.05, 0) is 0 Å². The fraction of sp³-hybridized carbons (Fsp3) is 0.625. The number of hydrogen-bond donors (Lipinski definition) is 3. The third-order valence-electron chi connectivity index (χ3n) is 2.02. The van der Waals surface area contributed by atoms with Crippen LogP contribution in [0.25, 0.3) is 0 Å². The molecule has 8 nitrogen and oxygen atoms in total. The minimum absolute atomic E-state index is 0.0654. The molecule has 0 aromatic carbocycles. The van der Waals surface area contributed by atoms with Crippen molar-refractivity contribution in [3.05, 3.63) is 6.20 Å². The van der Waals surface area contributed by atoms with Crippen molar-refractivity contribution in [3.8, 4) is 0 Å². The molecular weight excluding hydrogens is 248 g/mol. The van der Waals surface area contributed by atoms with E-state index in [1.54, 1.807) is 7.05 Å². The lowest BCUT2D eigenvalue weighted by molar-refractivity contribution is 0.139. The first kappa shape index (κ1) is 13.9. The maximum absolute atomic E-state index is 11.9. The van der Waals surface area contributed by atoms with Gasteiger partial charge in [-0.15, -0.1) is 0 Å². The van der Waals surface area contributed by atoms with E-state index < -0.39 is 16.1 Å². The lowest BCUT2D eigenvalue weighted by Gasteiger charge is -2.14. The first-order valence-electron chi connectivity index (χ1n) is 4.82. The molecule has 9 heteroatoms. The smallest absolute Gasteiger partial charge is 0.246 e. The number of nitrogens with two attached hydrogens (primary N) is 1. The van der Waals surface area contributed by atoms with Gasteiger partial charge in [0.1, 0.15) is 4.90 Å². The molecule has 1 unspecified atom stereocenters. The topological polar surface area (TPSA) is 119 Å². The number of aliphatic hydroxyl groups excluding tert-OH is 1. The molecule has 0 bridgehead atoms. The van der Waals surface area contributed by atoms with Crippen LogP contribution in [0.3, 0.4) is 0 Å². The Labute approximate surface area is 99.4 Å². The van der Waals surface area contributed by atoms with E-state index in [-0.39, 0.29) is 23.9 Å². The third kappa shape index (κ3) is 3.40. The highest BCUT2D eigenvalue weighted by Crippen LogP contribution is 2.15. The summed E-state index contributed by atoms with van der Waals surface area (Å²) in [5.41, 5.74) is 5.47. The lowest BCUT2D eigenvalue weighted by Crippen LogP contribution is -2.40. The van der Waals surface area contributed by atoms with Gasteiger partial charge in [-0.25, -0.2) is 13.1 Å². The fourth-order valence-electron chi connectivity index (χ4n) is 1.30. The largest absolute Gasteiger partial charge is 0.395 e. The zero-order valence-corrected chi connectivity index (χ0v) is 10.4. The summed E-state index contributed by atoms with van der Waals surface area (Å²) in [6.07, 6.45) is 1.29. The van der Waals surface area contributed by atoms with E-state index in [4.69, 9.17) is 15.6 Å². The van der Waals surface area contributed by atoms with E-state index in [1.165, 1.54) is 18.0 Å². The van der Waals surface area contributed by atoms with Crippen LogP contribution in [0.15, 0.2) is 11.1 Å². The SMILES string of the molecule is COCC(CO)NS(=O)(=O)c1cn(C)nc1N. The number of rotatable bonds is 6. The first-order chi connectivity index (χ1) is 7.90. The fourth-order valence-corrected chi connectivity index (χ4v) is 2.61. The van der Waals surface area contributed by atoms with Crippen LogP contribution in [-0.4, -0.2) is 49.7 Å². The quantitative estimate of drug-likeness (QED) is 0.562. The highest BCUT2D eigenvalue weighted by molar-refractivity contribution is 7.89. The molecule has 4 N–H and O–H groups in total. The van der Waals surface area contributed by atoms with Crippen LogP contribution in [-0.2, 0) is 21.8 Å². The van der Waals surface area contributed by atoms with Gasteiger partial charge in [0.2, 0.25) is 10.0 Å². The van der Waals surface area contributed by atoms with Crippen LogP contribution in [0.1, 0.15) is 0 Å². The van der Waals surface area contributed by atoms with Gasteiger partial charge in [-0.1, -0.05) is 0 Å². The molecule has 1 aromatic heterocycles. The number of nitrogen functional groups attached to an aromatic ring is 1. The van der Waals surface area contributed by atoms with Crippen molar-refractivity contribution in [2.24, 2.45) is 7.05 Å². The molecule has 0 fully saturated rings. The molecule has 0 saturated heterocycles. The Morgan fingerprint density at radius 2 is 2.35 bits per heavy atom. The number of aromatic nitrogens is 2. The van der Waals surface area contributed by atoms with Gasteiger partial charge in [0.05, 0.1) is 19.3 Å². The minimum Gasteiger partial charge on any atom is -0.395 e. The Hall–Kier alpha value is -1.16. The number of aliphatic hydroxyl groups is 1. The van der Waals surface area contributed by atoms with Crippen molar-refractivity contribution in [1.82, 2.24) is 14.5 Å². The maximum atomic E-state index is 11.9. The Kier molecular flexibility index (Phi) is 4.46. The number of nitrogens with zero attached hydrogens (tertiary/aromatic N) is 2. The van der Waals surface area contributed by atoms with Crippen molar-refractivity contribution >= 4 is 15.8 Å². The molecule has 1 rings (SSSR count). The average molecular weight is 264 g/mol. The highest BCUT2D eigenvalue weighted by atomic mass is 32.2. The molecule has 1 heterocycles. The number of sulfonamides is 1. The number of hydrogen-bond acceptors (Lipinski definition) is 6. The summed E-state index contributed by atoms with van der Waals surface area (Å²) >= 11 is 0. The third-order valence-corrected chi connectivity index (χ3v) is 3.56. The molecule has 0 aliphatic heterocycles. The van der Waals surface area contributed by atoms with Crippen LogP contribution in [0.2, 0.25) is 0 Å². The molecule has 0 amide bonds. The summed E-state index contributed by atoms with van der Waals surface area (Å²) < 4.78 is 32.1. The van der Waals surface area contributed by atoms with Crippen molar-refractivity contribution in [1.29, 1.82) is 0 Å². The van der Waals surface area contributed by atoms with Gasteiger partial charge in [0, 0.05) is 20.4 Å². The zero-order valence-electron chi connectivity index (χ0n) is 9.62. The van der Waals surface area contributed by atoms with E-state index in [1.807, 2.05) is 0 Å². The summed E-state index contributed by atoms with van der Waals surface area (Å²) in [6.45, 7) is -0.302. The van der Waals surface area contributed by atoms with Crippen LogP contribution >= 0.6 is 0 Å². The van der Waals surface area contributed by atoms with E-state index >= 15 is 0 Å². The van der Waals surface area contributed by atoms with Gasteiger partial charge >= 0.3 is 0 Å². The van der Waals surface area contributed by atoms with Crippen LogP contribution in [0, 0.1) is 0 Å². The first-order valence-corrected chi connectivity index (χ1v) is 6.30. The summed E-state index contributed by atoms with van der Waals surface area (Å²) in [5.74, 6) is -0.0888. The Morgan fingerprint density at radius 1 is 1.71 bits per heavy atom. The van der Waals surface area contributed by atoms with Gasteiger partial charge in [-0.3, -0.25) is 4.68 Å². The summed E-state index contributed by atoms with van der Waals surface area (Å²) in [7, 11) is -0.826. The molecule has 1 atom stereocenters. The van der Waals surface area contributed by atoms with Gasteiger partial charge in [-0.2, -0.15) is 5.10 Å². The number of ether oxygens (including phenoxy) is 1. The molecular formula is C8H16N4O4S. The standard InChI is InChI=1S/C8H16N4O4S/c1-12-3-7(8(9)10-12)17(14,15)11-6(4-13)5-16-2/h3,6,11,13H,4-5H2,1-2H3,(H2,9,10). The van der Waals surface area contributed by atoms with E-state index in [9.17, 15) is 8.42 Å². The number of nitrogens with one attached hydrogen (secondary N) is 1. The van der Waals surface area contributed by atoms with Crippen molar-refractivity contribution in [3.63, 3.8) is 0 Å². The van der Waals surface area contributed by atoms with Crippen LogP contribution < -0.4 is 10.5 Å². The van der Waals surface area contributed by atoms with E-state index in [0.29, 0.717) is 0 Å². The number of aryl methyl sites for hydroxylation is 1. The minimum atomic E-state index is -3.80. The van der Waals surface area contributed by atoms with Crippen LogP contribution in [0.4, 0.5) is 5.82 Å². The van der Waals surface area contributed by atoms with Gasteiger partial charge in [0.25, 0.3) is 0 Å². The van der Waals surface area contributed by atoms with E-state index in [0.717, 1.165) is 0 Å². The molecule has 98 valence electrons. The molecule has 0 spiro atoms. The summed E-state index contributed by atoms with van der Waals surface area (Å²) in [6, 6.07) is -0.718. The summed E-state index contributed by atoms with van der Waals surface area (Å²) in [5, 5.41) is 12.7. The Bertz CT molecular complexity index is 470. The lowest BCUT2D eigenvalue weighted by atomic mass is 10.4. The Morgan fingerprint density at radius 3 is 2.76 bits per heavy atom. The van der Waals surface area contributed by atoms with Gasteiger partial charge < -0.3 is 15.6 Å². The predicted molar refractivity (Wildman–Crippen MR) is 60.7 cm³/mol. The summed E-state index contributed by atoms with van der Waals surface area (Å²) in [4.78, 5) is -0.116. The number of anilines is 1. The molecule has 17 heavy (non-hydrogen) atoms. The second-order valence-corrected chi connectivity index (χ2v) is 5.19. The monoisotopic (exact) mass is 264 g/mol. The van der Waals surface area contributed by atoms with Crippen LogP contribution in [0.5, 0.6) is 0 Å². The van der Waals surface area contributed by atoms with Crippen molar-refractivity contribution < 1.29 is 18.3 Å². The molecule has 0 aliphatic rings. The highest BCUT2D eigenvalue weighted by Gasteiger charge is 2.24. The normalized spacial score (nSPS) is 13.8. The Balaban J connectivity index is 2.92.